The molecule has 7 nitrogen and oxygen atoms in total. The van der Waals surface area contributed by atoms with E-state index in [-0.39, 0.29) is 29.9 Å². The molecule has 2 N–H and O–H groups in total. The highest BCUT2D eigenvalue weighted by Gasteiger charge is 2.31. The Hall–Kier alpha value is -1.39. The topological polar surface area (TPSA) is 63.2 Å². The number of nitrogens with zero attached hydrogens (tertiary/aromatic N) is 4. The first-order valence-electron chi connectivity index (χ1n) is 10.0. The number of fused-ring (bicyclic) bond motifs is 3. The Morgan fingerprint density at radius 3 is 2.43 bits per heavy atom. The molecule has 0 saturated carbocycles. The highest BCUT2D eigenvalue weighted by atomic mass is 127. The van der Waals surface area contributed by atoms with Crippen LogP contribution in [0, 0.1) is 0 Å². The summed E-state index contributed by atoms with van der Waals surface area (Å²) >= 11 is 0. The lowest BCUT2D eigenvalue weighted by atomic mass is 10.1. The van der Waals surface area contributed by atoms with Crippen LogP contribution in [-0.2, 0) is 11.3 Å². The zero-order valence-corrected chi connectivity index (χ0v) is 18.9. The van der Waals surface area contributed by atoms with Crippen molar-refractivity contribution < 1.29 is 4.79 Å². The number of halogens is 1. The van der Waals surface area contributed by atoms with E-state index in [4.69, 9.17) is 0 Å². The Balaban J connectivity index is 0.00000225. The second-order valence-electron chi connectivity index (χ2n) is 7.61. The van der Waals surface area contributed by atoms with Crippen LogP contribution in [0.25, 0.3) is 0 Å². The van der Waals surface area contributed by atoms with Crippen LogP contribution in [0.2, 0.25) is 0 Å². The van der Waals surface area contributed by atoms with E-state index in [1.807, 2.05) is 24.1 Å². The van der Waals surface area contributed by atoms with Crippen LogP contribution in [0.3, 0.4) is 0 Å². The Labute approximate surface area is 184 Å². The summed E-state index contributed by atoms with van der Waals surface area (Å²) in [7, 11) is 1.81. The number of aliphatic imine (C=N–C) groups is 1. The van der Waals surface area contributed by atoms with Crippen LogP contribution in [0.1, 0.15) is 18.4 Å². The van der Waals surface area contributed by atoms with E-state index in [0.29, 0.717) is 19.0 Å². The molecule has 1 aromatic rings. The second-order valence-corrected chi connectivity index (χ2v) is 7.61. The minimum absolute atomic E-state index is 0. The van der Waals surface area contributed by atoms with Gasteiger partial charge in [0.05, 0.1) is 0 Å². The Kier molecular flexibility index (Phi) is 7.53. The van der Waals surface area contributed by atoms with Gasteiger partial charge in [-0.1, -0.05) is 12.1 Å². The molecule has 0 spiro atoms. The fourth-order valence-electron chi connectivity index (χ4n) is 4.25. The van der Waals surface area contributed by atoms with E-state index in [9.17, 15) is 4.79 Å². The van der Waals surface area contributed by atoms with Gasteiger partial charge in [-0.15, -0.1) is 24.0 Å². The summed E-state index contributed by atoms with van der Waals surface area (Å²) in [6, 6.07) is 8.82. The Bertz CT molecular complexity index is 686. The van der Waals surface area contributed by atoms with Crippen LogP contribution in [-0.4, -0.2) is 80.6 Å². The van der Waals surface area contributed by atoms with Gasteiger partial charge in [0.1, 0.15) is 0 Å². The smallest absolute Gasteiger partial charge is 0.227 e. The van der Waals surface area contributed by atoms with Crippen molar-refractivity contribution in [3.8, 4) is 0 Å². The van der Waals surface area contributed by atoms with Crippen molar-refractivity contribution >= 4 is 41.5 Å². The second kappa shape index (κ2) is 9.89. The first-order valence-corrected chi connectivity index (χ1v) is 10.0. The van der Waals surface area contributed by atoms with Crippen LogP contribution < -0.4 is 15.5 Å². The number of amides is 1. The van der Waals surface area contributed by atoms with Gasteiger partial charge >= 0.3 is 0 Å². The molecular weight excluding hydrogens is 467 g/mol. The molecule has 154 valence electrons. The third-order valence-corrected chi connectivity index (χ3v) is 5.90. The van der Waals surface area contributed by atoms with E-state index in [1.54, 1.807) is 0 Å². The minimum atomic E-state index is 0. The van der Waals surface area contributed by atoms with Gasteiger partial charge in [-0.25, -0.2) is 0 Å². The predicted octanol–water partition coefficient (Wildman–Crippen LogP) is 1.10. The fraction of sp³-hybridized carbons (Fsp3) is 0.600. The number of carbonyl (C=O) groups excluding carboxylic acids is 1. The van der Waals surface area contributed by atoms with Gasteiger partial charge in [-0.3, -0.25) is 19.6 Å². The molecule has 4 aliphatic rings. The standard InChI is InChI=1S/C20H30N6O.HI/c1-21-20(23-14-18-15-24-9-11-25(18)12-10-24)22-13-16-4-6-17(7-5-16)26-8-2-3-19(26)27;/h4-7,18H,2-3,8-15H2,1H3,(H2,21,22,23);1H. The number of hydrogen-bond donors (Lipinski definition) is 2. The molecular formula is C20H31IN6O. The first-order chi connectivity index (χ1) is 13.2. The van der Waals surface area contributed by atoms with Crippen molar-refractivity contribution in [1.29, 1.82) is 0 Å². The van der Waals surface area contributed by atoms with Crippen molar-refractivity contribution in [1.82, 2.24) is 20.4 Å². The molecule has 28 heavy (non-hydrogen) atoms. The summed E-state index contributed by atoms with van der Waals surface area (Å²) in [5.74, 6) is 1.07. The maximum atomic E-state index is 11.8. The van der Waals surface area contributed by atoms with E-state index < -0.39 is 0 Å². The lowest BCUT2D eigenvalue weighted by molar-refractivity contribution is -0.117. The number of benzene rings is 1. The molecule has 2 bridgehead atoms. The highest BCUT2D eigenvalue weighted by Crippen LogP contribution is 2.21. The van der Waals surface area contributed by atoms with E-state index in [1.165, 1.54) is 31.7 Å². The average Bonchev–Trinajstić information content (AvgIpc) is 3.15. The number of piperazine rings is 3. The molecule has 1 aromatic carbocycles. The van der Waals surface area contributed by atoms with E-state index in [0.717, 1.165) is 37.7 Å². The van der Waals surface area contributed by atoms with Gasteiger partial charge < -0.3 is 15.5 Å². The van der Waals surface area contributed by atoms with Crippen molar-refractivity contribution in [2.75, 3.05) is 57.8 Å². The maximum Gasteiger partial charge on any atom is 0.227 e. The maximum absolute atomic E-state index is 11.8. The number of nitrogens with one attached hydrogen (secondary N) is 2. The van der Waals surface area contributed by atoms with E-state index in [2.05, 4.69) is 37.6 Å². The molecule has 1 amide bonds. The normalized spacial score (nSPS) is 26.9. The van der Waals surface area contributed by atoms with Crippen LogP contribution in [0.4, 0.5) is 5.69 Å². The summed E-state index contributed by atoms with van der Waals surface area (Å²) in [6.07, 6.45) is 1.63. The van der Waals surface area contributed by atoms with Crippen molar-refractivity contribution in [2.24, 2.45) is 4.99 Å². The van der Waals surface area contributed by atoms with E-state index >= 15 is 0 Å². The van der Waals surface area contributed by atoms with Gasteiger partial charge in [0.2, 0.25) is 5.91 Å². The van der Waals surface area contributed by atoms with Crippen molar-refractivity contribution in [3.63, 3.8) is 0 Å². The first kappa shape index (κ1) is 21.3. The molecule has 1 unspecified atom stereocenters. The van der Waals surface area contributed by atoms with Crippen LogP contribution in [0.5, 0.6) is 0 Å². The van der Waals surface area contributed by atoms with Crippen molar-refractivity contribution in [3.05, 3.63) is 29.8 Å². The number of carbonyl (C=O) groups is 1. The molecule has 4 saturated heterocycles. The quantitative estimate of drug-likeness (QED) is 0.362. The van der Waals surface area contributed by atoms with Gasteiger partial charge in [0, 0.05) is 77.6 Å². The van der Waals surface area contributed by atoms with Crippen molar-refractivity contribution in [2.45, 2.75) is 25.4 Å². The summed E-state index contributed by atoms with van der Waals surface area (Å²) in [5.41, 5.74) is 2.18. The summed E-state index contributed by atoms with van der Waals surface area (Å²) < 4.78 is 0. The lowest BCUT2D eigenvalue weighted by Gasteiger charge is -2.47. The molecule has 0 aromatic heterocycles. The fourth-order valence-corrected chi connectivity index (χ4v) is 4.25. The molecule has 0 aliphatic carbocycles. The monoisotopic (exact) mass is 498 g/mol. The van der Waals surface area contributed by atoms with Gasteiger partial charge in [-0.05, 0) is 24.1 Å². The van der Waals surface area contributed by atoms with Gasteiger partial charge in [0.15, 0.2) is 5.96 Å². The zero-order valence-electron chi connectivity index (χ0n) is 16.6. The highest BCUT2D eigenvalue weighted by molar-refractivity contribution is 14.0. The third-order valence-electron chi connectivity index (χ3n) is 5.90. The molecule has 0 radical (unpaired) electrons. The Morgan fingerprint density at radius 2 is 1.86 bits per heavy atom. The average molecular weight is 498 g/mol. The Morgan fingerprint density at radius 1 is 1.11 bits per heavy atom. The van der Waals surface area contributed by atoms with Crippen LogP contribution in [0.15, 0.2) is 29.3 Å². The van der Waals surface area contributed by atoms with Gasteiger partial charge in [0.25, 0.3) is 0 Å². The number of rotatable bonds is 5. The summed E-state index contributed by atoms with van der Waals surface area (Å²) in [6.45, 7) is 8.42. The lowest BCUT2D eigenvalue weighted by Crippen LogP contribution is -2.63. The molecule has 1 atom stereocenters. The SMILES string of the molecule is CN=C(NCc1ccc(N2CCCC2=O)cc1)NCC1CN2CCN1CC2.I. The largest absolute Gasteiger partial charge is 0.355 e. The predicted molar refractivity (Wildman–Crippen MR) is 123 cm³/mol. The third kappa shape index (κ3) is 4.96. The number of guanidine groups is 1. The molecule has 4 heterocycles. The molecule has 4 fully saturated rings. The number of hydrogen-bond acceptors (Lipinski definition) is 4. The molecule has 5 rings (SSSR count). The molecule has 4 aliphatic heterocycles. The van der Waals surface area contributed by atoms with Gasteiger partial charge in [-0.2, -0.15) is 0 Å². The zero-order chi connectivity index (χ0) is 18.6. The summed E-state index contributed by atoms with van der Waals surface area (Å²) in [4.78, 5) is 23.2. The summed E-state index contributed by atoms with van der Waals surface area (Å²) in [5, 5.41) is 6.87. The minimum Gasteiger partial charge on any atom is -0.355 e. The van der Waals surface area contributed by atoms with Crippen LogP contribution >= 0.6 is 24.0 Å². The molecule has 8 heteroatoms. The number of anilines is 1.